The van der Waals surface area contributed by atoms with Crippen LogP contribution in [-0.2, 0) is 5.92 Å². The van der Waals surface area contributed by atoms with Crippen molar-refractivity contribution in [2.75, 3.05) is 0 Å². The molecule has 0 saturated carbocycles. The van der Waals surface area contributed by atoms with Crippen LogP contribution >= 0.6 is 22.9 Å². The van der Waals surface area contributed by atoms with Crippen molar-refractivity contribution in [3.63, 3.8) is 0 Å². The van der Waals surface area contributed by atoms with Crippen molar-refractivity contribution in [1.29, 1.82) is 0 Å². The molecule has 25 heavy (non-hydrogen) atoms. The lowest BCUT2D eigenvalue weighted by molar-refractivity contribution is -0.287. The maximum Gasteiger partial charge on any atom is 0.392 e. The van der Waals surface area contributed by atoms with Crippen molar-refractivity contribution < 1.29 is 26.3 Å². The topological polar surface area (TPSA) is 34.4 Å². The molecule has 11 heteroatoms. The van der Waals surface area contributed by atoms with E-state index in [9.17, 15) is 31.1 Å². The van der Waals surface area contributed by atoms with Gasteiger partial charge < -0.3 is 0 Å². The molecule has 2 aromatic heterocycles. The standard InChI is InChI=1S/C14H7ClF6N2OS/c1-6-2-3-7-8(4-6)25-11-22-9(5-10(24)23(7)11)12(16,17)13(18,19)14(15,20)21/h2-5H,1H3. The van der Waals surface area contributed by atoms with Crippen molar-refractivity contribution in [3.8, 4) is 0 Å². The fourth-order valence-electron chi connectivity index (χ4n) is 2.24. The van der Waals surface area contributed by atoms with Gasteiger partial charge in [0.1, 0.15) is 5.69 Å². The highest BCUT2D eigenvalue weighted by atomic mass is 35.5. The molecule has 3 rings (SSSR count). The quantitative estimate of drug-likeness (QED) is 0.468. The first-order valence-electron chi connectivity index (χ1n) is 6.62. The molecule has 134 valence electrons. The van der Waals surface area contributed by atoms with Gasteiger partial charge >= 0.3 is 17.2 Å². The number of alkyl halides is 7. The minimum atomic E-state index is -5.94. The SMILES string of the molecule is Cc1ccc2c(c1)sc1nc(C(F)(F)C(F)(F)C(F)(F)Cl)cc(=O)n12. The van der Waals surface area contributed by atoms with Gasteiger partial charge in [-0.2, -0.15) is 26.3 Å². The molecular formula is C14H7ClF6N2OS. The van der Waals surface area contributed by atoms with Crippen molar-refractivity contribution in [2.45, 2.75) is 24.2 Å². The van der Waals surface area contributed by atoms with Crippen molar-refractivity contribution in [1.82, 2.24) is 9.38 Å². The third-order valence-corrected chi connectivity index (χ3v) is 4.76. The zero-order valence-electron chi connectivity index (χ0n) is 12.2. The maximum absolute atomic E-state index is 13.9. The second-order valence-corrected chi connectivity index (χ2v) is 6.80. The largest absolute Gasteiger partial charge is 0.392 e. The van der Waals surface area contributed by atoms with Crippen LogP contribution in [0.2, 0.25) is 0 Å². The lowest BCUT2D eigenvalue weighted by Gasteiger charge is -2.28. The van der Waals surface area contributed by atoms with E-state index in [-0.39, 0.29) is 11.0 Å². The monoisotopic (exact) mass is 400 g/mol. The van der Waals surface area contributed by atoms with E-state index >= 15 is 0 Å². The average Bonchev–Trinajstić information content (AvgIpc) is 2.83. The van der Waals surface area contributed by atoms with Gasteiger partial charge in [-0.15, -0.1) is 0 Å². The molecule has 2 heterocycles. The van der Waals surface area contributed by atoms with E-state index in [2.05, 4.69) is 16.6 Å². The van der Waals surface area contributed by atoms with Crippen molar-refractivity contribution in [3.05, 3.63) is 45.9 Å². The lowest BCUT2D eigenvalue weighted by atomic mass is 10.1. The summed E-state index contributed by atoms with van der Waals surface area (Å²) in [5.74, 6) is -11.4. The normalized spacial score (nSPS) is 13.8. The fraction of sp³-hybridized carbons (Fsp3) is 0.286. The Kier molecular flexibility index (Phi) is 3.84. The Morgan fingerprint density at radius 2 is 1.76 bits per heavy atom. The summed E-state index contributed by atoms with van der Waals surface area (Å²) in [6.45, 7) is 1.75. The fourth-order valence-corrected chi connectivity index (χ4v) is 3.48. The summed E-state index contributed by atoms with van der Waals surface area (Å²) >= 11 is 4.92. The van der Waals surface area contributed by atoms with E-state index < -0.39 is 28.5 Å². The molecule has 0 fully saturated rings. The molecule has 0 atom stereocenters. The number of aryl methyl sites for hydroxylation is 1. The van der Waals surface area contributed by atoms with Crippen LogP contribution in [0.3, 0.4) is 0 Å². The minimum absolute atomic E-state index is 0.107. The molecular weight excluding hydrogens is 394 g/mol. The van der Waals surface area contributed by atoms with Gasteiger partial charge in [0.05, 0.1) is 10.2 Å². The van der Waals surface area contributed by atoms with Gasteiger partial charge in [0, 0.05) is 6.07 Å². The Hall–Kier alpha value is -1.81. The number of fused-ring (bicyclic) bond motifs is 3. The molecule has 0 aliphatic heterocycles. The zero-order chi connectivity index (χ0) is 18.8. The molecule has 3 aromatic rings. The van der Waals surface area contributed by atoms with Crippen molar-refractivity contribution >= 4 is 38.1 Å². The summed E-state index contributed by atoms with van der Waals surface area (Å²) in [7, 11) is 0. The predicted molar refractivity (Wildman–Crippen MR) is 81.2 cm³/mol. The lowest BCUT2D eigenvalue weighted by Crippen LogP contribution is -2.50. The highest BCUT2D eigenvalue weighted by Crippen LogP contribution is 2.52. The number of benzene rings is 1. The smallest absolute Gasteiger partial charge is 0.269 e. The predicted octanol–water partition coefficient (Wildman–Crippen LogP) is 4.78. The van der Waals surface area contributed by atoms with Crippen LogP contribution in [-0.4, -0.2) is 20.7 Å². The number of nitrogens with zero attached hydrogens (tertiary/aromatic N) is 2. The van der Waals surface area contributed by atoms with E-state index in [1.165, 1.54) is 6.07 Å². The summed E-state index contributed by atoms with van der Waals surface area (Å²) in [6, 6.07) is 4.95. The molecule has 0 aliphatic carbocycles. The molecule has 1 aromatic carbocycles. The first-order valence-corrected chi connectivity index (χ1v) is 7.81. The van der Waals surface area contributed by atoms with Crippen LogP contribution in [0.4, 0.5) is 26.3 Å². The first-order chi connectivity index (χ1) is 11.4. The van der Waals surface area contributed by atoms with Crippen molar-refractivity contribution in [2.24, 2.45) is 0 Å². The van der Waals surface area contributed by atoms with Crippen LogP contribution in [0.5, 0.6) is 0 Å². The molecule has 0 spiro atoms. The van der Waals surface area contributed by atoms with Gasteiger partial charge in [-0.3, -0.25) is 9.20 Å². The Balaban J connectivity index is 2.29. The van der Waals surface area contributed by atoms with Gasteiger partial charge in [0.15, 0.2) is 4.96 Å². The Morgan fingerprint density at radius 3 is 2.36 bits per heavy atom. The number of hydrogen-bond acceptors (Lipinski definition) is 3. The number of aromatic nitrogens is 2. The first kappa shape index (κ1) is 18.0. The van der Waals surface area contributed by atoms with E-state index in [1.54, 1.807) is 19.1 Å². The van der Waals surface area contributed by atoms with Gasteiger partial charge in [0.25, 0.3) is 5.56 Å². The molecule has 0 radical (unpaired) electrons. The highest BCUT2D eigenvalue weighted by molar-refractivity contribution is 7.23. The van der Waals surface area contributed by atoms with Crippen LogP contribution in [0, 0.1) is 6.92 Å². The summed E-state index contributed by atoms with van der Waals surface area (Å²) in [5, 5.41) is -5.53. The Labute approximate surface area is 144 Å². The highest BCUT2D eigenvalue weighted by Gasteiger charge is 2.72. The van der Waals surface area contributed by atoms with Crippen LogP contribution in [0.25, 0.3) is 15.2 Å². The molecule has 0 saturated heterocycles. The number of thiazole rings is 1. The molecule has 0 bridgehead atoms. The second kappa shape index (κ2) is 5.34. The minimum Gasteiger partial charge on any atom is -0.269 e. The molecule has 0 unspecified atom stereocenters. The summed E-state index contributed by atoms with van der Waals surface area (Å²) in [6.07, 6.45) is 0. The van der Waals surface area contributed by atoms with Crippen LogP contribution < -0.4 is 5.56 Å². The second-order valence-electron chi connectivity index (χ2n) is 5.32. The van der Waals surface area contributed by atoms with E-state index in [0.717, 1.165) is 21.3 Å². The molecule has 0 aliphatic rings. The number of hydrogen-bond donors (Lipinski definition) is 0. The summed E-state index contributed by atoms with van der Waals surface area (Å²) in [5.41, 5.74) is -1.71. The molecule has 3 nitrogen and oxygen atoms in total. The Morgan fingerprint density at radius 1 is 1.12 bits per heavy atom. The van der Waals surface area contributed by atoms with Crippen LogP contribution in [0.15, 0.2) is 29.1 Å². The van der Waals surface area contributed by atoms with Gasteiger partial charge in [-0.25, -0.2) is 4.98 Å². The van der Waals surface area contributed by atoms with Gasteiger partial charge in [-0.1, -0.05) is 17.4 Å². The third-order valence-electron chi connectivity index (χ3n) is 3.52. The van der Waals surface area contributed by atoms with E-state index in [1.807, 2.05) is 0 Å². The maximum atomic E-state index is 13.9. The van der Waals surface area contributed by atoms with Crippen LogP contribution in [0.1, 0.15) is 11.3 Å². The number of rotatable bonds is 3. The Bertz CT molecular complexity index is 1040. The van der Waals surface area contributed by atoms with E-state index in [4.69, 9.17) is 0 Å². The zero-order valence-corrected chi connectivity index (χ0v) is 13.7. The molecule has 0 amide bonds. The third kappa shape index (κ3) is 2.58. The molecule has 0 N–H and O–H groups in total. The average molecular weight is 401 g/mol. The summed E-state index contributed by atoms with van der Waals surface area (Å²) < 4.78 is 81.6. The van der Waals surface area contributed by atoms with Gasteiger partial charge in [-0.05, 0) is 36.2 Å². The number of halogens is 7. The van der Waals surface area contributed by atoms with Gasteiger partial charge in [0.2, 0.25) is 0 Å². The van der Waals surface area contributed by atoms with E-state index in [0.29, 0.717) is 10.2 Å². The summed E-state index contributed by atoms with van der Waals surface area (Å²) in [4.78, 5) is 15.1.